The van der Waals surface area contributed by atoms with Crippen LogP contribution < -0.4 is 0 Å². The largest absolute Gasteiger partial charge is 0.324 e. The van der Waals surface area contributed by atoms with E-state index in [1.807, 2.05) is 30.3 Å². The van der Waals surface area contributed by atoms with Crippen LogP contribution in [0.3, 0.4) is 0 Å². The van der Waals surface area contributed by atoms with Gasteiger partial charge < -0.3 is 4.57 Å². The van der Waals surface area contributed by atoms with Crippen LogP contribution in [0.1, 0.15) is 44.1 Å². The highest BCUT2D eigenvalue weighted by molar-refractivity contribution is 7.62. The molecule has 0 atom stereocenters. The van der Waals surface area contributed by atoms with E-state index in [1.165, 1.54) is 6.42 Å². The van der Waals surface area contributed by atoms with Crippen molar-refractivity contribution in [2.75, 3.05) is 26.0 Å². The lowest BCUT2D eigenvalue weighted by molar-refractivity contribution is -0.196. The molecule has 1 aromatic rings. The molecular formula is C19H30NO3P. The smallest absolute Gasteiger partial charge is 0.249 e. The van der Waals surface area contributed by atoms with Crippen molar-refractivity contribution in [2.24, 2.45) is 5.92 Å². The molecule has 0 radical (unpaired) electrons. The van der Waals surface area contributed by atoms with Gasteiger partial charge in [-0.1, -0.05) is 49.6 Å². The molecule has 1 aromatic carbocycles. The van der Waals surface area contributed by atoms with Gasteiger partial charge in [-0.2, -0.15) is 0 Å². The second-order valence-electron chi connectivity index (χ2n) is 7.19. The van der Waals surface area contributed by atoms with Gasteiger partial charge in [0.2, 0.25) is 5.91 Å². The van der Waals surface area contributed by atoms with Crippen molar-refractivity contribution in [1.82, 2.24) is 5.06 Å². The van der Waals surface area contributed by atoms with E-state index >= 15 is 0 Å². The molecule has 1 amide bonds. The van der Waals surface area contributed by atoms with Gasteiger partial charge in [0.15, 0.2) is 0 Å². The van der Waals surface area contributed by atoms with Crippen LogP contribution in [0.4, 0.5) is 0 Å². The van der Waals surface area contributed by atoms with Gasteiger partial charge in [-0.15, -0.1) is 0 Å². The van der Waals surface area contributed by atoms with E-state index in [4.69, 9.17) is 4.84 Å². The zero-order valence-electron chi connectivity index (χ0n) is 14.9. The first kappa shape index (κ1) is 19.2. The normalized spacial score (nSPS) is 16.1. The van der Waals surface area contributed by atoms with Crippen LogP contribution in [-0.4, -0.2) is 37.0 Å². The summed E-state index contributed by atoms with van der Waals surface area (Å²) in [6.07, 6.45) is 6.77. The van der Waals surface area contributed by atoms with Gasteiger partial charge in [-0.3, -0.25) is 9.63 Å². The lowest BCUT2D eigenvalue weighted by Gasteiger charge is -2.28. The Hall–Kier alpha value is -1.12. The average molecular weight is 351 g/mol. The van der Waals surface area contributed by atoms with Gasteiger partial charge in [-0.05, 0) is 38.2 Å². The average Bonchev–Trinajstić information content (AvgIpc) is 2.58. The standard InChI is InChI=1S/C19H30NO3P/c1-24(2,22)15-9-14-20(19(21)18-12-7-4-8-13-18)23-16-17-10-5-3-6-11-17/h3,5-6,10-11,18H,4,7-9,12-16H2,1-2H3. The molecule has 24 heavy (non-hydrogen) atoms. The van der Waals surface area contributed by atoms with Crippen molar-refractivity contribution in [2.45, 2.75) is 45.1 Å². The van der Waals surface area contributed by atoms with E-state index in [-0.39, 0.29) is 11.8 Å². The predicted molar refractivity (Wildman–Crippen MR) is 98.5 cm³/mol. The molecule has 1 aliphatic rings. The monoisotopic (exact) mass is 351 g/mol. The van der Waals surface area contributed by atoms with Crippen LogP contribution in [0.5, 0.6) is 0 Å². The minimum atomic E-state index is -2.05. The Labute approximate surface area is 145 Å². The first-order valence-electron chi connectivity index (χ1n) is 8.98. The Kier molecular flexibility index (Phi) is 7.51. The van der Waals surface area contributed by atoms with Gasteiger partial charge in [0, 0.05) is 18.6 Å². The fraction of sp³-hybridized carbons (Fsp3) is 0.632. The summed E-state index contributed by atoms with van der Waals surface area (Å²) in [5.41, 5.74) is 1.05. The van der Waals surface area contributed by atoms with Crippen molar-refractivity contribution in [3.63, 3.8) is 0 Å². The van der Waals surface area contributed by atoms with Gasteiger partial charge in [0.25, 0.3) is 0 Å². The molecule has 134 valence electrons. The van der Waals surface area contributed by atoms with E-state index < -0.39 is 7.14 Å². The summed E-state index contributed by atoms with van der Waals surface area (Å²) in [6, 6.07) is 9.90. The van der Waals surface area contributed by atoms with Crippen LogP contribution in [-0.2, 0) is 20.8 Å². The number of hydrogen-bond acceptors (Lipinski definition) is 3. The molecule has 0 unspecified atom stereocenters. The van der Waals surface area contributed by atoms with Gasteiger partial charge in [0.05, 0.1) is 7.14 Å². The van der Waals surface area contributed by atoms with E-state index in [1.54, 1.807) is 18.4 Å². The Morgan fingerprint density at radius 3 is 2.46 bits per heavy atom. The van der Waals surface area contributed by atoms with E-state index in [0.29, 0.717) is 19.3 Å². The summed E-state index contributed by atoms with van der Waals surface area (Å²) in [7, 11) is -2.05. The first-order valence-corrected chi connectivity index (χ1v) is 11.8. The lowest BCUT2D eigenvalue weighted by atomic mass is 9.88. The molecule has 1 fully saturated rings. The zero-order valence-corrected chi connectivity index (χ0v) is 15.8. The molecule has 4 nitrogen and oxygen atoms in total. The molecule has 1 saturated carbocycles. The number of nitrogens with zero attached hydrogens (tertiary/aromatic N) is 1. The molecule has 0 saturated heterocycles. The molecule has 2 rings (SSSR count). The van der Waals surface area contributed by atoms with Crippen molar-refractivity contribution >= 4 is 13.0 Å². The number of benzene rings is 1. The zero-order chi connectivity index (χ0) is 17.4. The maximum Gasteiger partial charge on any atom is 0.249 e. The predicted octanol–water partition coefficient (Wildman–Crippen LogP) is 4.54. The SMILES string of the molecule is CP(C)(=O)CCCN(OCc1ccccc1)C(=O)C1CCCCC1. The summed E-state index contributed by atoms with van der Waals surface area (Å²) in [5, 5.41) is 1.54. The Morgan fingerprint density at radius 2 is 1.83 bits per heavy atom. The second-order valence-corrected chi connectivity index (χ2v) is 10.8. The quantitative estimate of drug-likeness (QED) is 0.510. The van der Waals surface area contributed by atoms with E-state index in [2.05, 4.69) is 0 Å². The molecule has 1 aliphatic carbocycles. The molecular weight excluding hydrogens is 321 g/mol. The third kappa shape index (κ3) is 6.78. The highest BCUT2D eigenvalue weighted by Crippen LogP contribution is 2.36. The molecule has 0 N–H and O–H groups in total. The number of rotatable bonds is 8. The number of hydrogen-bond donors (Lipinski definition) is 0. The van der Waals surface area contributed by atoms with Gasteiger partial charge in [0.1, 0.15) is 6.61 Å². The number of carbonyl (C=O) groups is 1. The molecule has 0 heterocycles. The molecule has 0 aromatic heterocycles. The van der Waals surface area contributed by atoms with Crippen molar-refractivity contribution in [3.05, 3.63) is 35.9 Å². The Morgan fingerprint density at radius 1 is 1.17 bits per heavy atom. The Balaban J connectivity index is 1.94. The number of hydroxylamine groups is 2. The van der Waals surface area contributed by atoms with Crippen molar-refractivity contribution < 1.29 is 14.2 Å². The highest BCUT2D eigenvalue weighted by Gasteiger charge is 2.27. The molecule has 0 bridgehead atoms. The summed E-state index contributed by atoms with van der Waals surface area (Å²) >= 11 is 0. The van der Waals surface area contributed by atoms with Crippen LogP contribution in [0, 0.1) is 5.92 Å². The van der Waals surface area contributed by atoms with Crippen molar-refractivity contribution in [3.8, 4) is 0 Å². The number of carbonyl (C=O) groups excluding carboxylic acids is 1. The third-order valence-electron chi connectivity index (χ3n) is 4.49. The first-order chi connectivity index (χ1) is 11.5. The maximum atomic E-state index is 12.8. The van der Waals surface area contributed by atoms with Crippen LogP contribution >= 0.6 is 7.14 Å². The lowest BCUT2D eigenvalue weighted by Crippen LogP contribution is -2.38. The fourth-order valence-corrected chi connectivity index (χ4v) is 4.02. The molecule has 0 spiro atoms. The van der Waals surface area contributed by atoms with E-state index in [9.17, 15) is 9.36 Å². The van der Waals surface area contributed by atoms with Gasteiger partial charge >= 0.3 is 0 Å². The highest BCUT2D eigenvalue weighted by atomic mass is 31.2. The summed E-state index contributed by atoms with van der Waals surface area (Å²) in [5.74, 6) is 0.192. The Bertz CT molecular complexity index is 549. The summed E-state index contributed by atoms with van der Waals surface area (Å²) in [4.78, 5) is 18.7. The molecule has 5 heteroatoms. The molecule has 0 aliphatic heterocycles. The van der Waals surface area contributed by atoms with Crippen LogP contribution in [0.15, 0.2) is 30.3 Å². The number of amides is 1. The maximum absolute atomic E-state index is 12.8. The summed E-state index contributed by atoms with van der Waals surface area (Å²) < 4.78 is 11.9. The van der Waals surface area contributed by atoms with Gasteiger partial charge in [-0.25, -0.2) is 5.06 Å². The fourth-order valence-electron chi connectivity index (χ4n) is 3.11. The summed E-state index contributed by atoms with van der Waals surface area (Å²) in [6.45, 7) is 4.51. The van der Waals surface area contributed by atoms with Crippen molar-refractivity contribution in [1.29, 1.82) is 0 Å². The topological polar surface area (TPSA) is 46.6 Å². The second kappa shape index (κ2) is 9.39. The third-order valence-corrected chi connectivity index (χ3v) is 5.88. The van der Waals surface area contributed by atoms with Crippen LogP contribution in [0.25, 0.3) is 0 Å². The minimum absolute atomic E-state index is 0.0876. The van der Waals surface area contributed by atoms with Crippen LogP contribution in [0.2, 0.25) is 0 Å². The minimum Gasteiger partial charge on any atom is -0.324 e. The van der Waals surface area contributed by atoms with E-state index in [0.717, 1.165) is 37.7 Å².